The minimum absolute atomic E-state index is 0.209. The largest absolute Gasteiger partial charge is 0.375 e. The minimum atomic E-state index is -0.209. The molecule has 1 aromatic carbocycles. The first-order chi connectivity index (χ1) is 15.5. The number of nitrogen functional groups attached to an aromatic ring is 1. The van der Waals surface area contributed by atoms with Crippen LogP contribution in [-0.4, -0.2) is 37.1 Å². The van der Waals surface area contributed by atoms with Gasteiger partial charge in [0.2, 0.25) is 0 Å². The maximum Gasteiger partial charge on any atom is 0.256 e. The molecule has 1 aliphatic rings. The van der Waals surface area contributed by atoms with Crippen molar-refractivity contribution in [3.63, 3.8) is 0 Å². The van der Waals surface area contributed by atoms with Crippen molar-refractivity contribution in [2.75, 3.05) is 24.1 Å². The molecule has 0 atom stereocenters. The SMILES string of the molecule is Nc1ncc(-c2ccc3cnc(NC(=O)c4ccnc(C5=CCN(I)CC5)c4)cc3c2)s1. The quantitative estimate of drug-likeness (QED) is 0.272. The molecule has 4 aromatic rings. The van der Waals surface area contributed by atoms with Gasteiger partial charge in [-0.3, -0.25) is 9.78 Å². The van der Waals surface area contributed by atoms with Gasteiger partial charge in [0, 0.05) is 65.5 Å². The Morgan fingerprint density at radius 2 is 2.00 bits per heavy atom. The maximum absolute atomic E-state index is 12.9. The average molecular weight is 554 g/mol. The minimum Gasteiger partial charge on any atom is -0.375 e. The van der Waals surface area contributed by atoms with Crippen LogP contribution < -0.4 is 11.1 Å². The van der Waals surface area contributed by atoms with Crippen LogP contribution in [0.15, 0.2) is 61.1 Å². The van der Waals surface area contributed by atoms with Crippen molar-refractivity contribution in [1.29, 1.82) is 0 Å². The van der Waals surface area contributed by atoms with E-state index in [-0.39, 0.29) is 5.91 Å². The molecule has 0 unspecified atom stereocenters. The fourth-order valence-corrected chi connectivity index (χ4v) is 4.72. The lowest BCUT2D eigenvalue weighted by Crippen LogP contribution is -2.18. The van der Waals surface area contributed by atoms with Crippen LogP contribution in [0.4, 0.5) is 10.9 Å². The molecular formula is C23H19IN6OS. The van der Waals surface area contributed by atoms with E-state index in [1.54, 1.807) is 24.7 Å². The summed E-state index contributed by atoms with van der Waals surface area (Å²) in [6.07, 6.45) is 8.30. The van der Waals surface area contributed by atoms with Crippen molar-refractivity contribution in [1.82, 2.24) is 18.1 Å². The zero-order chi connectivity index (χ0) is 22.1. The standard InChI is InChI=1S/C23H19IN6OS/c24-30-7-4-14(5-8-30)19-10-16(3-6-26-19)22(31)29-21-11-18-9-15(1-2-17(18)12-27-21)20-13-28-23(25)32-20/h1-4,6,9-13H,5,7-8H2,(H2,25,28)(H,27,29,31). The lowest BCUT2D eigenvalue weighted by molar-refractivity contribution is 0.102. The number of fused-ring (bicyclic) bond motifs is 1. The van der Waals surface area contributed by atoms with Crippen molar-refractivity contribution in [2.24, 2.45) is 0 Å². The molecule has 1 amide bonds. The highest BCUT2D eigenvalue weighted by atomic mass is 127. The molecule has 7 nitrogen and oxygen atoms in total. The van der Waals surface area contributed by atoms with Gasteiger partial charge < -0.3 is 11.1 Å². The Hall–Kier alpha value is -2.89. The number of thiazole rings is 1. The van der Waals surface area contributed by atoms with Gasteiger partial charge in [-0.2, -0.15) is 0 Å². The predicted octanol–water partition coefficient (Wildman–Crippen LogP) is 5.03. The van der Waals surface area contributed by atoms with Gasteiger partial charge >= 0.3 is 0 Å². The molecule has 3 N–H and O–H groups in total. The Morgan fingerprint density at radius 3 is 2.78 bits per heavy atom. The summed E-state index contributed by atoms with van der Waals surface area (Å²) < 4.78 is 2.22. The number of carbonyl (C=O) groups excluding carboxylic acids is 1. The van der Waals surface area contributed by atoms with E-state index in [0.717, 1.165) is 46.4 Å². The first-order valence-corrected chi connectivity index (χ1v) is 11.8. The van der Waals surface area contributed by atoms with E-state index in [0.29, 0.717) is 16.5 Å². The number of amides is 1. The first-order valence-electron chi connectivity index (χ1n) is 10.0. The Bertz CT molecular complexity index is 1350. The number of rotatable bonds is 4. The van der Waals surface area contributed by atoms with Crippen molar-refractivity contribution in [3.8, 4) is 10.4 Å². The molecule has 32 heavy (non-hydrogen) atoms. The lowest BCUT2D eigenvalue weighted by Gasteiger charge is -2.19. The van der Waals surface area contributed by atoms with Gasteiger partial charge in [-0.1, -0.05) is 29.5 Å². The highest BCUT2D eigenvalue weighted by Crippen LogP contribution is 2.30. The molecular weight excluding hydrogens is 535 g/mol. The summed E-state index contributed by atoms with van der Waals surface area (Å²) >= 11 is 3.76. The molecule has 0 bridgehead atoms. The normalized spacial score (nSPS) is 14.3. The molecule has 0 spiro atoms. The predicted molar refractivity (Wildman–Crippen MR) is 138 cm³/mol. The number of aromatic nitrogens is 3. The number of hydrogen-bond acceptors (Lipinski definition) is 7. The second kappa shape index (κ2) is 8.93. The third-order valence-corrected chi connectivity index (χ3v) is 7.03. The number of carbonyl (C=O) groups is 1. The molecule has 5 rings (SSSR count). The van der Waals surface area contributed by atoms with E-state index in [9.17, 15) is 4.79 Å². The number of benzene rings is 1. The highest BCUT2D eigenvalue weighted by Gasteiger charge is 2.14. The van der Waals surface area contributed by atoms with Crippen molar-refractivity contribution in [3.05, 3.63) is 72.3 Å². The van der Waals surface area contributed by atoms with E-state index in [2.05, 4.69) is 58.4 Å². The Kier molecular flexibility index (Phi) is 5.85. The number of halogens is 1. The third-order valence-electron chi connectivity index (χ3n) is 5.28. The maximum atomic E-state index is 12.9. The molecule has 3 aromatic heterocycles. The summed E-state index contributed by atoms with van der Waals surface area (Å²) in [6, 6.07) is 11.5. The van der Waals surface area contributed by atoms with Crippen LogP contribution in [0.5, 0.6) is 0 Å². The molecule has 0 saturated carbocycles. The Labute approximate surface area is 202 Å². The first kappa shape index (κ1) is 21.0. The van der Waals surface area contributed by atoms with Crippen LogP contribution in [0.1, 0.15) is 22.5 Å². The molecule has 0 aliphatic carbocycles. The van der Waals surface area contributed by atoms with Crippen LogP contribution in [-0.2, 0) is 0 Å². The van der Waals surface area contributed by atoms with Gasteiger partial charge in [0.15, 0.2) is 5.13 Å². The summed E-state index contributed by atoms with van der Waals surface area (Å²) in [6.45, 7) is 1.85. The zero-order valence-electron chi connectivity index (χ0n) is 17.0. The van der Waals surface area contributed by atoms with Gasteiger partial charge in [-0.15, -0.1) is 0 Å². The number of pyridine rings is 2. The van der Waals surface area contributed by atoms with Crippen LogP contribution in [0.2, 0.25) is 0 Å². The van der Waals surface area contributed by atoms with Crippen molar-refractivity contribution in [2.45, 2.75) is 6.42 Å². The van der Waals surface area contributed by atoms with Gasteiger partial charge in [-0.25, -0.2) is 13.1 Å². The summed E-state index contributed by atoms with van der Waals surface area (Å²) in [5.41, 5.74) is 9.38. The van der Waals surface area contributed by atoms with Crippen LogP contribution >= 0.6 is 34.2 Å². The van der Waals surface area contributed by atoms with Crippen LogP contribution in [0, 0.1) is 0 Å². The second-order valence-electron chi connectivity index (χ2n) is 7.43. The molecule has 9 heteroatoms. The van der Waals surface area contributed by atoms with Gasteiger partial charge in [0.1, 0.15) is 5.82 Å². The molecule has 4 heterocycles. The molecule has 0 fully saturated rings. The molecule has 160 valence electrons. The number of nitrogens with one attached hydrogen (secondary N) is 1. The summed E-state index contributed by atoms with van der Waals surface area (Å²) in [5.74, 6) is 0.290. The fourth-order valence-electron chi connectivity index (χ4n) is 3.60. The Morgan fingerprint density at radius 1 is 1.09 bits per heavy atom. The monoisotopic (exact) mass is 554 g/mol. The second-order valence-corrected chi connectivity index (χ2v) is 9.85. The number of nitrogens with two attached hydrogens (primary N) is 1. The molecule has 1 aliphatic heterocycles. The van der Waals surface area contributed by atoms with Crippen LogP contribution in [0.3, 0.4) is 0 Å². The van der Waals surface area contributed by atoms with E-state index in [1.165, 1.54) is 16.9 Å². The number of hydrogen-bond donors (Lipinski definition) is 2. The summed E-state index contributed by atoms with van der Waals surface area (Å²) in [5, 5.41) is 5.42. The van der Waals surface area contributed by atoms with Crippen molar-refractivity contribution >= 4 is 67.4 Å². The van der Waals surface area contributed by atoms with Gasteiger partial charge in [0.05, 0.1) is 10.6 Å². The van der Waals surface area contributed by atoms with Crippen LogP contribution in [0.25, 0.3) is 26.8 Å². The summed E-state index contributed by atoms with van der Waals surface area (Å²) in [7, 11) is 0. The van der Waals surface area contributed by atoms with E-state index < -0.39 is 0 Å². The number of nitrogens with zero attached hydrogens (tertiary/aromatic N) is 4. The van der Waals surface area contributed by atoms with Gasteiger partial charge in [0.25, 0.3) is 5.91 Å². The summed E-state index contributed by atoms with van der Waals surface area (Å²) in [4.78, 5) is 26.9. The number of anilines is 2. The zero-order valence-corrected chi connectivity index (χ0v) is 19.9. The Balaban J connectivity index is 1.38. The average Bonchev–Trinajstić information content (AvgIpc) is 3.25. The highest BCUT2D eigenvalue weighted by molar-refractivity contribution is 14.1. The smallest absolute Gasteiger partial charge is 0.256 e. The van der Waals surface area contributed by atoms with E-state index in [1.807, 2.05) is 24.3 Å². The van der Waals surface area contributed by atoms with Crippen molar-refractivity contribution < 1.29 is 4.79 Å². The molecule has 0 radical (unpaired) electrons. The lowest BCUT2D eigenvalue weighted by atomic mass is 10.0. The molecule has 0 saturated heterocycles. The third kappa shape index (κ3) is 4.50. The van der Waals surface area contributed by atoms with E-state index >= 15 is 0 Å². The van der Waals surface area contributed by atoms with Gasteiger partial charge in [-0.05, 0) is 47.2 Å². The topological polar surface area (TPSA) is 97.0 Å². The fraction of sp³-hybridized carbons (Fsp3) is 0.130. The van der Waals surface area contributed by atoms with E-state index in [4.69, 9.17) is 5.73 Å².